The monoisotopic (exact) mass is 675 g/mol. The van der Waals surface area contributed by atoms with Gasteiger partial charge in [0.2, 0.25) is 0 Å². The Hall–Kier alpha value is -5.82. The van der Waals surface area contributed by atoms with Crippen molar-refractivity contribution in [3.8, 4) is 46.3 Å². The number of amides is 2. The highest BCUT2D eigenvalue weighted by atomic mass is 16.6. The van der Waals surface area contributed by atoms with Crippen molar-refractivity contribution in [2.45, 2.75) is 26.7 Å². The molecule has 3 aromatic carbocycles. The summed E-state index contributed by atoms with van der Waals surface area (Å²) in [6.45, 7) is 6.10. The van der Waals surface area contributed by atoms with Crippen LogP contribution in [-0.4, -0.2) is 69.4 Å². The summed E-state index contributed by atoms with van der Waals surface area (Å²) in [6.07, 6.45) is 3.17. The zero-order valence-electron chi connectivity index (χ0n) is 28.5. The fraction of sp³-hybridized carbons (Fsp3) is 0.316. The quantitative estimate of drug-likeness (QED) is 0.151. The van der Waals surface area contributed by atoms with E-state index in [4.69, 9.17) is 18.9 Å². The maximum absolute atomic E-state index is 12.1. The first kappa shape index (κ1) is 35.5. The number of aryl methyl sites for hydroxylation is 1. The van der Waals surface area contributed by atoms with Gasteiger partial charge in [-0.2, -0.15) is 10.5 Å². The lowest BCUT2D eigenvalue weighted by molar-refractivity contribution is 0.171. The van der Waals surface area contributed by atoms with Gasteiger partial charge < -0.3 is 39.8 Å². The number of hydrogen-bond acceptors (Lipinski definition) is 10. The van der Waals surface area contributed by atoms with Crippen LogP contribution >= 0.6 is 0 Å². The van der Waals surface area contributed by atoms with E-state index in [2.05, 4.69) is 33.1 Å². The third-order valence-corrected chi connectivity index (χ3v) is 7.92. The molecule has 1 aliphatic rings. The predicted molar refractivity (Wildman–Crippen MR) is 188 cm³/mol. The van der Waals surface area contributed by atoms with Crippen molar-refractivity contribution in [1.29, 1.82) is 10.5 Å². The van der Waals surface area contributed by atoms with E-state index in [0.29, 0.717) is 73.5 Å². The van der Waals surface area contributed by atoms with Gasteiger partial charge in [-0.05, 0) is 62.0 Å². The highest BCUT2D eigenvalue weighted by Crippen LogP contribution is 2.37. The summed E-state index contributed by atoms with van der Waals surface area (Å²) >= 11 is 0. The van der Waals surface area contributed by atoms with Gasteiger partial charge in [-0.25, -0.2) is 4.79 Å². The number of carbonyl (C=O) groups is 1. The molecule has 0 radical (unpaired) electrons. The highest BCUT2D eigenvalue weighted by molar-refractivity contribution is 5.74. The van der Waals surface area contributed by atoms with Gasteiger partial charge in [0.05, 0.1) is 11.1 Å². The first-order valence-electron chi connectivity index (χ1n) is 16.4. The van der Waals surface area contributed by atoms with E-state index in [9.17, 15) is 15.3 Å². The normalized spacial score (nSPS) is 11.7. The molecule has 0 aliphatic carbocycles. The molecule has 1 aromatic heterocycles. The molecule has 1 aliphatic heterocycles. The van der Waals surface area contributed by atoms with Gasteiger partial charge in [-0.3, -0.25) is 4.98 Å². The van der Waals surface area contributed by atoms with Gasteiger partial charge >= 0.3 is 6.03 Å². The number of urea groups is 1. The Balaban J connectivity index is 1.29. The number of aromatic nitrogens is 1. The van der Waals surface area contributed by atoms with Gasteiger partial charge in [0.25, 0.3) is 0 Å². The second-order valence-electron chi connectivity index (χ2n) is 12.0. The maximum atomic E-state index is 12.1. The van der Waals surface area contributed by atoms with Crippen molar-refractivity contribution in [3.05, 3.63) is 100 Å². The van der Waals surface area contributed by atoms with Gasteiger partial charge in [0, 0.05) is 67.9 Å². The molecule has 0 atom stereocenters. The number of pyridine rings is 1. The molecule has 2 amide bonds. The predicted octanol–water partition coefficient (Wildman–Crippen LogP) is 4.68. The fourth-order valence-corrected chi connectivity index (χ4v) is 5.35. The average molecular weight is 676 g/mol. The lowest BCUT2D eigenvalue weighted by atomic mass is 9.96. The molecule has 0 spiro atoms. The Morgan fingerprint density at radius 2 is 1.68 bits per heavy atom. The lowest BCUT2D eigenvalue weighted by Gasteiger charge is -2.19. The molecule has 0 unspecified atom stereocenters. The van der Waals surface area contributed by atoms with Crippen molar-refractivity contribution in [2.75, 3.05) is 53.5 Å². The molecule has 2 heterocycles. The molecule has 5 rings (SSSR count). The SMILES string of the molecule is Cc1cc(CNCCNC(=O)NCCN(C)C)c(OCc2cncc(C#N)c2)cc1OCc1cccc(-c2ccc3c(c2)OCCO3)c1C#N. The minimum atomic E-state index is -0.209. The van der Waals surface area contributed by atoms with Crippen molar-refractivity contribution in [3.63, 3.8) is 0 Å². The van der Waals surface area contributed by atoms with E-state index < -0.39 is 0 Å². The smallest absolute Gasteiger partial charge is 0.314 e. The molecule has 0 bridgehead atoms. The number of nitrogens with one attached hydrogen (secondary N) is 3. The Morgan fingerprint density at radius 3 is 2.48 bits per heavy atom. The third-order valence-electron chi connectivity index (χ3n) is 7.92. The Labute approximate surface area is 292 Å². The second kappa shape index (κ2) is 17.5. The average Bonchev–Trinajstić information content (AvgIpc) is 3.13. The first-order valence-corrected chi connectivity index (χ1v) is 16.4. The lowest BCUT2D eigenvalue weighted by Crippen LogP contribution is -2.41. The summed E-state index contributed by atoms with van der Waals surface area (Å²) in [6, 6.07) is 21.3. The number of hydrogen-bond donors (Lipinski definition) is 3. The van der Waals surface area contributed by atoms with Gasteiger partial charge in [0.15, 0.2) is 11.5 Å². The fourth-order valence-electron chi connectivity index (χ4n) is 5.35. The molecule has 4 aromatic rings. The summed E-state index contributed by atoms with van der Waals surface area (Å²) in [5.41, 5.74) is 5.88. The Bertz CT molecular complexity index is 1880. The van der Waals surface area contributed by atoms with Crippen LogP contribution in [0.5, 0.6) is 23.0 Å². The zero-order chi connectivity index (χ0) is 35.3. The van der Waals surface area contributed by atoms with Crippen LogP contribution in [-0.2, 0) is 19.8 Å². The van der Waals surface area contributed by atoms with E-state index in [1.165, 1.54) is 6.20 Å². The number of nitrogens with zero attached hydrogens (tertiary/aromatic N) is 4. The van der Waals surface area contributed by atoms with Gasteiger partial charge in [-0.1, -0.05) is 24.3 Å². The van der Waals surface area contributed by atoms with Crippen molar-refractivity contribution in [2.24, 2.45) is 0 Å². The molecule has 50 heavy (non-hydrogen) atoms. The van der Waals surface area contributed by atoms with Crippen molar-refractivity contribution in [1.82, 2.24) is 25.8 Å². The van der Waals surface area contributed by atoms with Crippen LogP contribution in [0.25, 0.3) is 11.1 Å². The summed E-state index contributed by atoms with van der Waals surface area (Å²) in [5, 5.41) is 28.6. The molecular weight excluding hydrogens is 634 g/mol. The van der Waals surface area contributed by atoms with Crippen LogP contribution in [0.15, 0.2) is 67.0 Å². The first-order chi connectivity index (χ1) is 24.3. The number of fused-ring (bicyclic) bond motifs is 1. The topological polar surface area (TPSA) is 154 Å². The van der Waals surface area contributed by atoms with Gasteiger partial charge in [-0.15, -0.1) is 0 Å². The van der Waals surface area contributed by atoms with E-state index >= 15 is 0 Å². The van der Waals surface area contributed by atoms with Crippen molar-refractivity contribution < 1.29 is 23.7 Å². The molecule has 258 valence electrons. The van der Waals surface area contributed by atoms with Crippen LogP contribution in [0.3, 0.4) is 0 Å². The largest absolute Gasteiger partial charge is 0.488 e. The van der Waals surface area contributed by atoms with E-state index in [1.54, 1.807) is 12.3 Å². The summed E-state index contributed by atoms with van der Waals surface area (Å²) in [4.78, 5) is 18.2. The molecule has 0 saturated carbocycles. The molecule has 0 fully saturated rings. The van der Waals surface area contributed by atoms with Crippen LogP contribution < -0.4 is 34.9 Å². The minimum absolute atomic E-state index is 0.162. The Morgan fingerprint density at radius 1 is 0.880 bits per heavy atom. The van der Waals surface area contributed by atoms with E-state index in [0.717, 1.165) is 39.9 Å². The molecule has 12 heteroatoms. The summed E-state index contributed by atoms with van der Waals surface area (Å²) < 4.78 is 24.0. The maximum Gasteiger partial charge on any atom is 0.314 e. The van der Waals surface area contributed by atoms with Crippen LogP contribution in [0.2, 0.25) is 0 Å². The number of carbonyl (C=O) groups excluding carboxylic acids is 1. The van der Waals surface area contributed by atoms with Gasteiger partial charge in [0.1, 0.15) is 50.1 Å². The number of rotatable bonds is 15. The third kappa shape index (κ3) is 9.63. The number of ether oxygens (including phenoxy) is 4. The Kier molecular flexibility index (Phi) is 12.4. The number of likely N-dealkylation sites (N-methyl/N-ethyl adjacent to an activating group) is 1. The second-order valence-corrected chi connectivity index (χ2v) is 12.0. The molecule has 3 N–H and O–H groups in total. The highest BCUT2D eigenvalue weighted by Gasteiger charge is 2.17. The number of nitriles is 2. The van der Waals surface area contributed by atoms with Crippen LogP contribution in [0.1, 0.15) is 33.4 Å². The van der Waals surface area contributed by atoms with E-state index in [1.807, 2.05) is 74.4 Å². The standard InChI is InChI=1S/C38H41N7O5/c1-26-15-31(23-41-9-10-43-38(46)44-11-12-45(2)3)36(49-24-28-16-27(19-39)21-42-22-28)18-35(26)50-25-30-5-4-6-32(33(30)20-40)29-7-8-34-37(17-29)48-14-13-47-34/h4-8,15-18,21-22,41H,9-14,23-25H2,1-3H3,(H2,43,44,46). The van der Waals surface area contributed by atoms with Crippen LogP contribution in [0.4, 0.5) is 4.79 Å². The summed E-state index contributed by atoms with van der Waals surface area (Å²) in [7, 11) is 3.91. The minimum Gasteiger partial charge on any atom is -0.488 e. The van der Waals surface area contributed by atoms with Crippen molar-refractivity contribution >= 4 is 6.03 Å². The molecule has 0 saturated heterocycles. The van der Waals surface area contributed by atoms with Crippen LogP contribution in [0, 0.1) is 29.6 Å². The van der Waals surface area contributed by atoms with E-state index in [-0.39, 0.29) is 19.2 Å². The molecular formula is C38H41N7O5. The summed E-state index contributed by atoms with van der Waals surface area (Å²) in [5.74, 6) is 2.55. The molecule has 12 nitrogen and oxygen atoms in total. The zero-order valence-corrected chi connectivity index (χ0v) is 28.5. The number of benzene rings is 3.